The van der Waals surface area contributed by atoms with Crippen molar-refractivity contribution in [2.45, 2.75) is 45.1 Å². The third kappa shape index (κ3) is 2.32. The number of nitrogens with zero attached hydrogens (tertiary/aromatic N) is 3. The fourth-order valence-corrected chi connectivity index (χ4v) is 4.92. The summed E-state index contributed by atoms with van der Waals surface area (Å²) in [6.45, 7) is 4.13. The summed E-state index contributed by atoms with van der Waals surface area (Å²) in [5, 5.41) is 11.0. The third-order valence-corrected chi connectivity index (χ3v) is 6.00. The van der Waals surface area contributed by atoms with Gasteiger partial charge in [0.25, 0.3) is 0 Å². The van der Waals surface area contributed by atoms with Crippen LogP contribution in [0.5, 0.6) is 0 Å². The highest BCUT2D eigenvalue weighted by Crippen LogP contribution is 2.40. The van der Waals surface area contributed by atoms with Crippen LogP contribution in [0.1, 0.15) is 36.6 Å². The van der Waals surface area contributed by atoms with Crippen LogP contribution in [0.2, 0.25) is 0 Å². The van der Waals surface area contributed by atoms with Crippen molar-refractivity contribution in [2.75, 3.05) is 18.0 Å². The molecule has 0 radical (unpaired) electrons. The number of aliphatic hydroxyl groups is 1. The minimum absolute atomic E-state index is 0.143. The van der Waals surface area contributed by atoms with Crippen molar-refractivity contribution < 1.29 is 5.11 Å². The molecule has 5 heteroatoms. The van der Waals surface area contributed by atoms with Crippen LogP contribution in [-0.2, 0) is 12.8 Å². The number of piperidine rings is 1. The van der Waals surface area contributed by atoms with Gasteiger partial charge in [-0.1, -0.05) is 6.92 Å². The molecule has 0 saturated carbocycles. The number of aryl methyl sites for hydroxylation is 1. The average molecular weight is 303 g/mol. The van der Waals surface area contributed by atoms with Crippen molar-refractivity contribution in [2.24, 2.45) is 5.92 Å². The fourth-order valence-electron chi connectivity index (χ4n) is 3.58. The number of hydrogen-bond acceptors (Lipinski definition) is 5. The summed E-state index contributed by atoms with van der Waals surface area (Å²) < 4.78 is 0. The van der Waals surface area contributed by atoms with Crippen LogP contribution in [0.4, 0.5) is 5.82 Å². The Hall–Kier alpha value is -1.20. The monoisotopic (exact) mass is 303 g/mol. The van der Waals surface area contributed by atoms with Crippen LogP contribution >= 0.6 is 11.3 Å². The van der Waals surface area contributed by atoms with Crippen molar-refractivity contribution in [3.63, 3.8) is 0 Å². The van der Waals surface area contributed by atoms with Gasteiger partial charge in [-0.05, 0) is 43.6 Å². The van der Waals surface area contributed by atoms with Gasteiger partial charge in [0.1, 0.15) is 17.0 Å². The molecule has 0 aromatic carbocycles. The Morgan fingerprint density at radius 1 is 1.24 bits per heavy atom. The molecule has 1 saturated heterocycles. The van der Waals surface area contributed by atoms with E-state index < -0.39 is 0 Å². The summed E-state index contributed by atoms with van der Waals surface area (Å²) in [6.07, 6.45) is 6.86. The highest BCUT2D eigenvalue weighted by atomic mass is 32.1. The van der Waals surface area contributed by atoms with Crippen LogP contribution in [0.25, 0.3) is 10.2 Å². The molecular weight excluding hydrogens is 282 g/mol. The van der Waals surface area contributed by atoms with E-state index in [0.29, 0.717) is 0 Å². The molecule has 112 valence electrons. The van der Waals surface area contributed by atoms with Crippen molar-refractivity contribution in [3.05, 3.63) is 16.8 Å². The smallest absolute Gasteiger partial charge is 0.141 e. The third-order valence-electron chi connectivity index (χ3n) is 4.84. The molecule has 1 atom stereocenters. The fraction of sp³-hybridized carbons (Fsp3) is 0.625. The summed E-state index contributed by atoms with van der Waals surface area (Å²) in [5.41, 5.74) is 1.50. The van der Waals surface area contributed by atoms with Gasteiger partial charge in [-0.2, -0.15) is 0 Å². The Kier molecular flexibility index (Phi) is 3.34. The van der Waals surface area contributed by atoms with Crippen LogP contribution in [0.15, 0.2) is 6.33 Å². The molecule has 3 heterocycles. The Morgan fingerprint density at radius 3 is 2.86 bits per heavy atom. The lowest BCUT2D eigenvalue weighted by molar-refractivity contribution is 0.145. The van der Waals surface area contributed by atoms with E-state index >= 15 is 0 Å². The van der Waals surface area contributed by atoms with Gasteiger partial charge >= 0.3 is 0 Å². The van der Waals surface area contributed by atoms with E-state index in [2.05, 4.69) is 21.8 Å². The van der Waals surface area contributed by atoms with Gasteiger partial charge in [0.2, 0.25) is 0 Å². The van der Waals surface area contributed by atoms with Gasteiger partial charge < -0.3 is 10.0 Å². The van der Waals surface area contributed by atoms with E-state index in [9.17, 15) is 5.11 Å². The summed E-state index contributed by atoms with van der Waals surface area (Å²) in [7, 11) is 0. The van der Waals surface area contributed by atoms with Crippen LogP contribution < -0.4 is 4.90 Å². The van der Waals surface area contributed by atoms with Crippen molar-refractivity contribution in [3.8, 4) is 0 Å². The molecule has 1 aliphatic heterocycles. The predicted molar refractivity (Wildman–Crippen MR) is 86.1 cm³/mol. The number of hydrogen-bond donors (Lipinski definition) is 1. The summed E-state index contributed by atoms with van der Waals surface area (Å²) in [4.78, 5) is 14.1. The van der Waals surface area contributed by atoms with E-state index in [-0.39, 0.29) is 6.10 Å². The number of aliphatic hydroxyl groups excluding tert-OH is 1. The molecule has 4 nitrogen and oxygen atoms in total. The minimum atomic E-state index is -0.143. The van der Waals surface area contributed by atoms with Crippen molar-refractivity contribution in [1.82, 2.24) is 9.97 Å². The maximum absolute atomic E-state index is 9.71. The minimum Gasteiger partial charge on any atom is -0.393 e. The summed E-state index contributed by atoms with van der Waals surface area (Å²) in [5.74, 6) is 1.88. The molecule has 21 heavy (non-hydrogen) atoms. The summed E-state index contributed by atoms with van der Waals surface area (Å²) in [6, 6.07) is 0. The summed E-state index contributed by atoms with van der Waals surface area (Å²) >= 11 is 1.86. The lowest BCUT2D eigenvalue weighted by atomic mass is 9.89. The van der Waals surface area contributed by atoms with E-state index in [1.165, 1.54) is 28.7 Å². The Morgan fingerprint density at radius 2 is 2.05 bits per heavy atom. The molecule has 1 N–H and O–H groups in total. The van der Waals surface area contributed by atoms with Gasteiger partial charge in [0.15, 0.2) is 0 Å². The molecule has 0 bridgehead atoms. The van der Waals surface area contributed by atoms with Gasteiger partial charge in [0, 0.05) is 18.0 Å². The molecular formula is C16H21N3OS. The number of aromatic nitrogens is 2. The molecule has 0 amide bonds. The first-order valence-electron chi connectivity index (χ1n) is 7.90. The van der Waals surface area contributed by atoms with E-state index in [0.717, 1.165) is 48.9 Å². The number of thiophene rings is 1. The zero-order valence-corrected chi connectivity index (χ0v) is 13.2. The Balaban J connectivity index is 1.79. The molecule has 1 fully saturated rings. The first-order chi connectivity index (χ1) is 10.2. The standard InChI is InChI=1S/C16H21N3OS/c1-10-2-3-12-13(8-10)21-16-14(12)15(17-9-18-16)19-6-4-11(20)5-7-19/h9-11,20H,2-8H2,1H3/t10-/m1/s1. The maximum Gasteiger partial charge on any atom is 0.141 e. The molecule has 0 spiro atoms. The van der Waals surface area contributed by atoms with Gasteiger partial charge in [0.05, 0.1) is 11.5 Å². The zero-order valence-electron chi connectivity index (χ0n) is 12.4. The van der Waals surface area contributed by atoms with Crippen LogP contribution in [0, 0.1) is 5.92 Å². The van der Waals surface area contributed by atoms with Crippen LogP contribution in [-0.4, -0.2) is 34.3 Å². The first-order valence-corrected chi connectivity index (χ1v) is 8.72. The molecule has 0 unspecified atom stereocenters. The SMILES string of the molecule is C[C@@H]1CCc2c(sc3ncnc(N4CCC(O)CC4)c23)C1. The second-order valence-electron chi connectivity index (χ2n) is 6.45. The van der Waals surface area contributed by atoms with E-state index in [1.807, 2.05) is 11.3 Å². The maximum atomic E-state index is 9.71. The van der Waals surface area contributed by atoms with E-state index in [4.69, 9.17) is 0 Å². The number of anilines is 1. The van der Waals surface area contributed by atoms with Crippen LogP contribution in [0.3, 0.4) is 0 Å². The number of fused-ring (bicyclic) bond motifs is 3. The molecule has 2 aromatic rings. The van der Waals surface area contributed by atoms with Crippen molar-refractivity contribution >= 4 is 27.4 Å². The quantitative estimate of drug-likeness (QED) is 0.880. The average Bonchev–Trinajstić information content (AvgIpc) is 2.85. The molecule has 2 aromatic heterocycles. The topological polar surface area (TPSA) is 49.2 Å². The van der Waals surface area contributed by atoms with Gasteiger partial charge in [-0.15, -0.1) is 11.3 Å². The Bertz CT molecular complexity index is 661. The van der Waals surface area contributed by atoms with E-state index in [1.54, 1.807) is 6.33 Å². The first kappa shape index (κ1) is 13.5. The Labute approximate surface area is 128 Å². The second-order valence-corrected chi connectivity index (χ2v) is 7.53. The highest BCUT2D eigenvalue weighted by molar-refractivity contribution is 7.19. The highest BCUT2D eigenvalue weighted by Gasteiger charge is 2.26. The second kappa shape index (κ2) is 5.21. The number of rotatable bonds is 1. The van der Waals surface area contributed by atoms with Gasteiger partial charge in [-0.3, -0.25) is 0 Å². The molecule has 4 rings (SSSR count). The van der Waals surface area contributed by atoms with Crippen molar-refractivity contribution in [1.29, 1.82) is 0 Å². The van der Waals surface area contributed by atoms with Gasteiger partial charge in [-0.25, -0.2) is 9.97 Å². The predicted octanol–water partition coefficient (Wildman–Crippen LogP) is 2.78. The largest absolute Gasteiger partial charge is 0.393 e. The normalized spacial score (nSPS) is 23.5. The zero-order chi connectivity index (χ0) is 14.4. The molecule has 2 aliphatic rings. The lowest BCUT2D eigenvalue weighted by Gasteiger charge is -2.31. The molecule has 1 aliphatic carbocycles. The lowest BCUT2D eigenvalue weighted by Crippen LogP contribution is -2.36.